The van der Waals surface area contributed by atoms with Crippen molar-refractivity contribution in [2.75, 3.05) is 46.3 Å². The van der Waals surface area contributed by atoms with E-state index in [9.17, 15) is 4.79 Å². The zero-order chi connectivity index (χ0) is 16.7. The summed E-state index contributed by atoms with van der Waals surface area (Å²) in [6.07, 6.45) is 2.31. The molecule has 4 nitrogen and oxygen atoms in total. The summed E-state index contributed by atoms with van der Waals surface area (Å²) in [4.78, 5) is 19.0. The molecular weight excluding hydrogens is 274 g/mol. The van der Waals surface area contributed by atoms with Crippen LogP contribution in [0.25, 0.3) is 0 Å². The summed E-state index contributed by atoms with van der Waals surface area (Å²) in [6, 6.07) is 0.628. The maximum atomic E-state index is 12.0. The van der Waals surface area contributed by atoms with Gasteiger partial charge in [-0.25, -0.2) is 0 Å². The van der Waals surface area contributed by atoms with Gasteiger partial charge in [-0.2, -0.15) is 0 Å². The highest BCUT2D eigenvalue weighted by molar-refractivity contribution is 5.78. The molecule has 1 aliphatic heterocycles. The molecule has 0 saturated carbocycles. The van der Waals surface area contributed by atoms with Crippen LogP contribution < -0.4 is 0 Å². The van der Waals surface area contributed by atoms with Gasteiger partial charge < -0.3 is 9.80 Å². The van der Waals surface area contributed by atoms with E-state index in [2.05, 4.69) is 42.5 Å². The van der Waals surface area contributed by atoms with E-state index in [0.29, 0.717) is 11.9 Å². The number of carbonyl (C=O) groups is 1. The molecule has 0 bridgehead atoms. The van der Waals surface area contributed by atoms with Gasteiger partial charge in [0.1, 0.15) is 0 Å². The zero-order valence-corrected chi connectivity index (χ0v) is 15.6. The van der Waals surface area contributed by atoms with Crippen LogP contribution in [0.3, 0.4) is 0 Å². The summed E-state index contributed by atoms with van der Waals surface area (Å²) in [7, 11) is 2.24. The Morgan fingerprint density at radius 1 is 1.14 bits per heavy atom. The normalized spacial score (nSPS) is 17.3. The van der Waals surface area contributed by atoms with Crippen LogP contribution in [-0.4, -0.2) is 73.0 Å². The zero-order valence-electron chi connectivity index (χ0n) is 15.6. The lowest BCUT2D eigenvalue weighted by molar-refractivity contribution is -0.135. The Kier molecular flexibility index (Phi) is 8.40. The lowest BCUT2D eigenvalue weighted by Gasteiger charge is -2.35. The van der Waals surface area contributed by atoms with Crippen molar-refractivity contribution in [1.82, 2.24) is 14.7 Å². The highest BCUT2D eigenvalue weighted by Crippen LogP contribution is 2.19. The van der Waals surface area contributed by atoms with Crippen molar-refractivity contribution in [3.05, 3.63) is 0 Å². The fourth-order valence-corrected chi connectivity index (χ4v) is 3.31. The number of likely N-dealkylation sites (tertiary alicyclic amines) is 1. The van der Waals surface area contributed by atoms with Crippen molar-refractivity contribution < 1.29 is 4.79 Å². The van der Waals surface area contributed by atoms with E-state index in [-0.39, 0.29) is 5.92 Å². The van der Waals surface area contributed by atoms with E-state index in [1.807, 2.05) is 13.8 Å². The van der Waals surface area contributed by atoms with E-state index in [0.717, 1.165) is 51.5 Å². The van der Waals surface area contributed by atoms with E-state index >= 15 is 0 Å². The highest BCUT2D eigenvalue weighted by Gasteiger charge is 2.24. The summed E-state index contributed by atoms with van der Waals surface area (Å²) in [5.41, 5.74) is 0. The SMILES string of the molecule is CCN(CCN(C)CC1CCN(C(=O)C(C)C)CC1)C(C)C. The summed E-state index contributed by atoms with van der Waals surface area (Å²) in [5, 5.41) is 0. The average Bonchev–Trinajstić information content (AvgIpc) is 2.47. The van der Waals surface area contributed by atoms with Crippen molar-refractivity contribution in [2.24, 2.45) is 11.8 Å². The van der Waals surface area contributed by atoms with Gasteiger partial charge in [0.25, 0.3) is 0 Å². The molecule has 22 heavy (non-hydrogen) atoms. The minimum atomic E-state index is 0.135. The number of carbonyl (C=O) groups excluding carboxylic acids is 1. The van der Waals surface area contributed by atoms with Crippen LogP contribution in [0.1, 0.15) is 47.5 Å². The van der Waals surface area contributed by atoms with Crippen molar-refractivity contribution in [3.8, 4) is 0 Å². The molecule has 0 aromatic heterocycles. The Balaban J connectivity index is 2.27. The standard InChI is InChI=1S/C18H37N3O/c1-7-20(16(4)5)13-12-19(6)14-17-8-10-21(11-9-17)18(22)15(2)3/h15-17H,7-14H2,1-6H3. The Hall–Kier alpha value is -0.610. The molecule has 0 aromatic rings. The van der Waals surface area contributed by atoms with Crippen LogP contribution in [0, 0.1) is 11.8 Å². The van der Waals surface area contributed by atoms with E-state index in [4.69, 9.17) is 0 Å². The molecule has 0 aliphatic carbocycles. The second kappa shape index (κ2) is 9.51. The van der Waals surface area contributed by atoms with Crippen molar-refractivity contribution in [2.45, 2.75) is 53.5 Å². The predicted molar refractivity (Wildman–Crippen MR) is 94.0 cm³/mol. The molecule has 130 valence electrons. The second-order valence-corrected chi connectivity index (χ2v) is 7.41. The number of hydrogen-bond acceptors (Lipinski definition) is 3. The van der Waals surface area contributed by atoms with Crippen LogP contribution in [0.5, 0.6) is 0 Å². The first-order chi connectivity index (χ1) is 10.3. The fraction of sp³-hybridized carbons (Fsp3) is 0.944. The number of hydrogen-bond donors (Lipinski definition) is 0. The third kappa shape index (κ3) is 6.25. The molecule has 1 aliphatic rings. The van der Waals surface area contributed by atoms with Gasteiger partial charge in [-0.3, -0.25) is 9.69 Å². The molecule has 0 N–H and O–H groups in total. The Bertz CT molecular complexity index is 322. The summed E-state index contributed by atoms with van der Waals surface area (Å²) in [6.45, 7) is 17.2. The van der Waals surface area contributed by atoms with Gasteiger partial charge >= 0.3 is 0 Å². The maximum absolute atomic E-state index is 12.0. The fourth-order valence-electron chi connectivity index (χ4n) is 3.31. The molecule has 0 spiro atoms. The first-order valence-corrected chi connectivity index (χ1v) is 9.06. The summed E-state index contributed by atoms with van der Waals surface area (Å²) in [5.74, 6) is 1.20. The third-order valence-corrected chi connectivity index (χ3v) is 4.90. The van der Waals surface area contributed by atoms with Crippen LogP contribution in [0.15, 0.2) is 0 Å². The van der Waals surface area contributed by atoms with Crippen molar-refractivity contribution >= 4 is 5.91 Å². The lowest BCUT2D eigenvalue weighted by atomic mass is 9.95. The van der Waals surface area contributed by atoms with E-state index in [1.54, 1.807) is 0 Å². The van der Waals surface area contributed by atoms with Gasteiger partial charge in [0.15, 0.2) is 0 Å². The molecule has 1 rings (SSSR count). The molecular formula is C18H37N3O. The topological polar surface area (TPSA) is 26.8 Å². The first kappa shape index (κ1) is 19.4. The molecule has 0 radical (unpaired) electrons. The minimum absolute atomic E-state index is 0.135. The number of piperidine rings is 1. The molecule has 1 saturated heterocycles. The quantitative estimate of drug-likeness (QED) is 0.689. The molecule has 1 heterocycles. The van der Waals surface area contributed by atoms with Gasteiger partial charge in [-0.05, 0) is 46.2 Å². The van der Waals surface area contributed by atoms with E-state index < -0.39 is 0 Å². The van der Waals surface area contributed by atoms with Crippen LogP contribution >= 0.6 is 0 Å². The Morgan fingerprint density at radius 3 is 2.18 bits per heavy atom. The first-order valence-electron chi connectivity index (χ1n) is 9.06. The van der Waals surface area contributed by atoms with Crippen LogP contribution in [0.4, 0.5) is 0 Å². The summed E-state index contributed by atoms with van der Waals surface area (Å²) < 4.78 is 0. The van der Waals surface area contributed by atoms with Gasteiger partial charge in [-0.15, -0.1) is 0 Å². The summed E-state index contributed by atoms with van der Waals surface area (Å²) >= 11 is 0. The molecule has 1 amide bonds. The smallest absolute Gasteiger partial charge is 0.225 e. The molecule has 0 aromatic carbocycles. The lowest BCUT2D eigenvalue weighted by Crippen LogP contribution is -2.43. The van der Waals surface area contributed by atoms with Crippen LogP contribution in [-0.2, 0) is 4.79 Å². The third-order valence-electron chi connectivity index (χ3n) is 4.90. The Labute approximate surface area is 137 Å². The van der Waals surface area contributed by atoms with Gasteiger partial charge in [0.05, 0.1) is 0 Å². The van der Waals surface area contributed by atoms with Gasteiger partial charge in [0, 0.05) is 44.7 Å². The molecule has 4 heteroatoms. The van der Waals surface area contributed by atoms with Gasteiger partial charge in [-0.1, -0.05) is 20.8 Å². The number of rotatable bonds is 8. The largest absolute Gasteiger partial charge is 0.342 e. The van der Waals surface area contributed by atoms with E-state index in [1.165, 1.54) is 6.54 Å². The van der Waals surface area contributed by atoms with Crippen LogP contribution in [0.2, 0.25) is 0 Å². The second-order valence-electron chi connectivity index (χ2n) is 7.41. The number of amides is 1. The predicted octanol–water partition coefficient (Wildman–Crippen LogP) is 2.54. The monoisotopic (exact) mass is 311 g/mol. The molecule has 0 atom stereocenters. The molecule has 1 fully saturated rings. The number of likely N-dealkylation sites (N-methyl/N-ethyl adjacent to an activating group) is 2. The Morgan fingerprint density at radius 2 is 1.73 bits per heavy atom. The van der Waals surface area contributed by atoms with Crippen molar-refractivity contribution in [3.63, 3.8) is 0 Å². The number of nitrogens with zero attached hydrogens (tertiary/aromatic N) is 3. The minimum Gasteiger partial charge on any atom is -0.342 e. The average molecular weight is 312 g/mol. The molecule has 0 unspecified atom stereocenters. The van der Waals surface area contributed by atoms with Crippen molar-refractivity contribution in [1.29, 1.82) is 0 Å². The highest BCUT2D eigenvalue weighted by atomic mass is 16.2. The maximum Gasteiger partial charge on any atom is 0.225 e. The van der Waals surface area contributed by atoms with Gasteiger partial charge in [0.2, 0.25) is 5.91 Å².